The first kappa shape index (κ1) is 30.8. The highest BCUT2D eigenvalue weighted by Gasteiger charge is 2.18. The molecule has 0 aliphatic carbocycles. The number of ether oxygens (including phenoxy) is 2. The summed E-state index contributed by atoms with van der Waals surface area (Å²) in [6, 6.07) is 6.00. The number of rotatable bonds is 5. The number of fused-ring (bicyclic) bond motifs is 3. The molecule has 0 amide bonds. The van der Waals surface area contributed by atoms with Gasteiger partial charge in [0, 0.05) is 41.1 Å². The summed E-state index contributed by atoms with van der Waals surface area (Å²) < 4.78 is 11.3. The lowest BCUT2D eigenvalue weighted by atomic mass is 10.1. The molecule has 6 aromatic heterocycles. The predicted octanol–water partition coefficient (Wildman–Crippen LogP) is 7.57. The number of thiophene rings is 2. The van der Waals surface area contributed by atoms with E-state index < -0.39 is 0 Å². The van der Waals surface area contributed by atoms with Crippen molar-refractivity contribution in [2.24, 2.45) is 0 Å². The van der Waals surface area contributed by atoms with Crippen molar-refractivity contribution < 1.29 is 9.47 Å². The van der Waals surface area contributed by atoms with Gasteiger partial charge in [-0.25, -0.2) is 29.9 Å². The zero-order valence-corrected chi connectivity index (χ0v) is 28.3. The quantitative estimate of drug-likeness (QED) is 0.180. The molecule has 0 fully saturated rings. The van der Waals surface area contributed by atoms with E-state index in [9.17, 15) is 0 Å². The van der Waals surface area contributed by atoms with Crippen LogP contribution in [0.4, 0.5) is 5.82 Å². The monoisotopic (exact) mass is 681 g/mol. The molecule has 1 aliphatic heterocycles. The number of aromatic nitrogens is 8. The van der Waals surface area contributed by atoms with Gasteiger partial charge in [0.1, 0.15) is 45.2 Å². The number of halogens is 1. The first-order valence-corrected chi connectivity index (χ1v) is 16.7. The van der Waals surface area contributed by atoms with Crippen LogP contribution in [0.2, 0.25) is 5.15 Å². The minimum absolute atomic E-state index is 0.475. The molecule has 14 heteroatoms. The van der Waals surface area contributed by atoms with E-state index in [0.29, 0.717) is 47.9 Å². The Balaban J connectivity index is 0.000000167. The average molecular weight is 682 g/mol. The van der Waals surface area contributed by atoms with E-state index in [1.165, 1.54) is 15.3 Å². The molecule has 1 aliphatic rings. The van der Waals surface area contributed by atoms with Crippen molar-refractivity contribution >= 4 is 60.5 Å². The molecular formula is C33H28ClN9O2S2. The summed E-state index contributed by atoms with van der Waals surface area (Å²) >= 11 is 9.52. The lowest BCUT2D eigenvalue weighted by Crippen LogP contribution is -2.15. The molecule has 0 unspecified atom stereocenters. The summed E-state index contributed by atoms with van der Waals surface area (Å²) in [5.41, 5.74) is 4.71. The van der Waals surface area contributed by atoms with Gasteiger partial charge in [-0.3, -0.25) is 9.97 Å². The Morgan fingerprint density at radius 2 is 1.32 bits per heavy atom. The van der Waals surface area contributed by atoms with Crippen molar-refractivity contribution in [3.05, 3.63) is 87.0 Å². The van der Waals surface area contributed by atoms with Gasteiger partial charge in [-0.15, -0.1) is 22.7 Å². The second-order valence-electron chi connectivity index (χ2n) is 10.7. The molecule has 1 N–H and O–H groups in total. The number of anilines is 1. The number of aryl methyl sites for hydroxylation is 4. The fourth-order valence-electron chi connectivity index (χ4n) is 5.02. The van der Waals surface area contributed by atoms with E-state index in [4.69, 9.17) is 31.0 Å². The van der Waals surface area contributed by atoms with Gasteiger partial charge in [-0.05, 0) is 56.5 Å². The van der Waals surface area contributed by atoms with Crippen LogP contribution in [0.1, 0.15) is 26.4 Å². The molecule has 0 saturated heterocycles. The summed E-state index contributed by atoms with van der Waals surface area (Å²) in [5, 5.41) is 5.95. The summed E-state index contributed by atoms with van der Waals surface area (Å²) in [4.78, 5) is 39.3. The maximum absolute atomic E-state index is 6.24. The first-order chi connectivity index (χ1) is 22.9. The van der Waals surface area contributed by atoms with Crippen LogP contribution < -0.4 is 14.8 Å². The third-order valence-corrected chi connectivity index (χ3v) is 10.1. The maximum Gasteiger partial charge on any atom is 0.183 e. The fraction of sp³-hybridized carbons (Fsp3) is 0.212. The predicted molar refractivity (Wildman–Crippen MR) is 186 cm³/mol. The smallest absolute Gasteiger partial charge is 0.183 e. The van der Waals surface area contributed by atoms with Gasteiger partial charge in [0.25, 0.3) is 0 Å². The summed E-state index contributed by atoms with van der Waals surface area (Å²) in [5.74, 6) is 3.45. The minimum atomic E-state index is 0.475. The summed E-state index contributed by atoms with van der Waals surface area (Å²) in [6.45, 7) is 10.1. The highest BCUT2D eigenvalue weighted by Crippen LogP contribution is 2.36. The van der Waals surface area contributed by atoms with Crippen molar-refractivity contribution in [3.8, 4) is 34.5 Å². The lowest BCUT2D eigenvalue weighted by Gasteiger charge is -2.19. The van der Waals surface area contributed by atoms with Crippen molar-refractivity contribution in [1.29, 1.82) is 0 Å². The Bertz CT molecular complexity index is 2230. The second-order valence-corrected chi connectivity index (χ2v) is 13.4. The van der Waals surface area contributed by atoms with E-state index in [1.54, 1.807) is 59.9 Å². The van der Waals surface area contributed by atoms with Crippen LogP contribution in [0.3, 0.4) is 0 Å². The highest BCUT2D eigenvalue weighted by molar-refractivity contribution is 7.19. The summed E-state index contributed by atoms with van der Waals surface area (Å²) in [7, 11) is 0. The Labute approximate surface area is 283 Å². The molecule has 7 heterocycles. The lowest BCUT2D eigenvalue weighted by molar-refractivity contribution is 0.171. The zero-order valence-electron chi connectivity index (χ0n) is 25.9. The van der Waals surface area contributed by atoms with Gasteiger partial charge in [0.15, 0.2) is 23.1 Å². The molecule has 0 atom stereocenters. The van der Waals surface area contributed by atoms with Crippen LogP contribution >= 0.6 is 34.3 Å². The number of nitrogens with zero attached hydrogens (tertiary/aromatic N) is 8. The van der Waals surface area contributed by atoms with Crippen molar-refractivity contribution in [2.75, 3.05) is 18.5 Å². The van der Waals surface area contributed by atoms with Crippen LogP contribution in [0.5, 0.6) is 11.5 Å². The number of nitrogens with one attached hydrogen (secondary N) is 1. The largest absolute Gasteiger partial charge is 0.486 e. The second kappa shape index (κ2) is 13.1. The van der Waals surface area contributed by atoms with E-state index in [1.807, 2.05) is 25.1 Å². The van der Waals surface area contributed by atoms with Crippen molar-refractivity contribution in [3.63, 3.8) is 0 Å². The number of benzene rings is 1. The van der Waals surface area contributed by atoms with E-state index in [0.717, 1.165) is 48.9 Å². The van der Waals surface area contributed by atoms with Crippen LogP contribution in [0, 0.1) is 27.7 Å². The van der Waals surface area contributed by atoms with E-state index in [-0.39, 0.29) is 0 Å². The van der Waals surface area contributed by atoms with E-state index in [2.05, 4.69) is 56.0 Å². The van der Waals surface area contributed by atoms with Crippen LogP contribution in [-0.2, 0) is 6.54 Å². The molecule has 0 spiro atoms. The Morgan fingerprint density at radius 3 is 1.96 bits per heavy atom. The first-order valence-electron chi connectivity index (χ1n) is 14.7. The van der Waals surface area contributed by atoms with Gasteiger partial charge >= 0.3 is 0 Å². The van der Waals surface area contributed by atoms with Crippen LogP contribution in [0.25, 0.3) is 43.5 Å². The van der Waals surface area contributed by atoms with Crippen LogP contribution in [0.15, 0.2) is 55.4 Å². The Kier molecular flexibility index (Phi) is 8.58. The third-order valence-electron chi connectivity index (χ3n) is 7.66. The molecule has 236 valence electrons. The van der Waals surface area contributed by atoms with Gasteiger partial charge in [-0.2, -0.15) is 0 Å². The SMILES string of the molecule is Cc1sc2nc(-c3cnccn3)nc(Cl)c2c1C.Cc1sc2nc(-c3cnccn3)nc(NCc3ccc4c(c3)OCCO4)c2c1C. The zero-order chi connectivity index (χ0) is 32.5. The molecule has 0 saturated carbocycles. The van der Waals surface area contributed by atoms with Crippen molar-refractivity contribution in [2.45, 2.75) is 34.2 Å². The topological polar surface area (TPSA) is 134 Å². The molecule has 7 aromatic rings. The Hall–Kier alpha value is -4.85. The summed E-state index contributed by atoms with van der Waals surface area (Å²) in [6.07, 6.45) is 9.83. The number of hydrogen-bond acceptors (Lipinski definition) is 13. The highest BCUT2D eigenvalue weighted by atomic mass is 35.5. The fourth-order valence-corrected chi connectivity index (χ4v) is 7.45. The average Bonchev–Trinajstić information content (AvgIpc) is 3.57. The normalized spacial score (nSPS) is 12.2. The standard InChI is InChI=1S/C21H19N5O2S.C12H9ClN4S/c1-12-13(2)29-21-18(12)20(25-19(26-21)15-11-22-5-6-23-15)24-10-14-3-4-16-17(9-14)28-8-7-27-16;1-6-7(2)18-12-9(6)10(13)16-11(17-12)8-5-14-3-4-15-8/h3-6,9,11H,7-8,10H2,1-2H3,(H,24,25,26);3-5H,1-2H3. The van der Waals surface area contributed by atoms with Gasteiger partial charge in [0.2, 0.25) is 0 Å². The molecule has 8 rings (SSSR count). The minimum Gasteiger partial charge on any atom is -0.486 e. The Morgan fingerprint density at radius 1 is 0.723 bits per heavy atom. The van der Waals surface area contributed by atoms with E-state index >= 15 is 0 Å². The number of hydrogen-bond donors (Lipinski definition) is 1. The molecular weight excluding hydrogens is 654 g/mol. The van der Waals surface area contributed by atoms with Crippen molar-refractivity contribution in [1.82, 2.24) is 39.9 Å². The molecule has 0 radical (unpaired) electrons. The maximum atomic E-state index is 6.24. The third kappa shape index (κ3) is 6.29. The molecule has 11 nitrogen and oxygen atoms in total. The van der Waals surface area contributed by atoms with Gasteiger partial charge in [-0.1, -0.05) is 17.7 Å². The molecule has 0 bridgehead atoms. The molecule has 1 aromatic carbocycles. The molecule has 47 heavy (non-hydrogen) atoms. The van der Waals surface area contributed by atoms with Gasteiger partial charge in [0.05, 0.1) is 23.2 Å². The van der Waals surface area contributed by atoms with Crippen LogP contribution in [-0.4, -0.2) is 53.1 Å². The van der Waals surface area contributed by atoms with Gasteiger partial charge < -0.3 is 14.8 Å².